The van der Waals surface area contributed by atoms with Gasteiger partial charge in [0.25, 0.3) is 0 Å². The molecule has 2 aromatic heterocycles. The summed E-state index contributed by atoms with van der Waals surface area (Å²) in [4.78, 5) is 22.8. The summed E-state index contributed by atoms with van der Waals surface area (Å²) in [6.07, 6.45) is 3.28. The van der Waals surface area contributed by atoms with Crippen LogP contribution in [0, 0.1) is 0 Å². The minimum Gasteiger partial charge on any atom is -0.481 e. The molecule has 0 unspecified atom stereocenters. The first-order valence-corrected chi connectivity index (χ1v) is 6.83. The molecule has 0 bridgehead atoms. The molecule has 0 saturated heterocycles. The molecule has 0 saturated carbocycles. The van der Waals surface area contributed by atoms with Gasteiger partial charge in [-0.15, -0.1) is 0 Å². The third-order valence-corrected chi connectivity index (χ3v) is 2.73. The van der Waals surface area contributed by atoms with Gasteiger partial charge in [-0.05, 0) is 18.2 Å². The molecule has 5 nitrogen and oxygen atoms in total. The van der Waals surface area contributed by atoms with Crippen molar-refractivity contribution in [2.45, 2.75) is 19.0 Å². The molecule has 0 amide bonds. The van der Waals surface area contributed by atoms with Crippen LogP contribution in [0.5, 0.6) is 0 Å². The maximum Gasteiger partial charge on any atom is 0.313 e. The summed E-state index contributed by atoms with van der Waals surface area (Å²) in [6.45, 7) is 4.00. The largest absolute Gasteiger partial charge is 0.481 e. The van der Waals surface area contributed by atoms with Gasteiger partial charge in [-0.25, -0.2) is 9.97 Å². The minimum atomic E-state index is -0.887. The number of thioether (sulfide) groups is 1. The zero-order valence-corrected chi connectivity index (χ0v) is 11.6. The number of nitrogens with zero attached hydrogens (tertiary/aromatic N) is 3. The van der Waals surface area contributed by atoms with Crippen LogP contribution in [0.2, 0.25) is 0 Å². The highest BCUT2D eigenvalue weighted by atomic mass is 32.2. The van der Waals surface area contributed by atoms with Gasteiger partial charge < -0.3 is 5.11 Å². The summed E-state index contributed by atoms with van der Waals surface area (Å²) in [5.74, 6) is -0.937. The van der Waals surface area contributed by atoms with Crippen molar-refractivity contribution in [1.82, 2.24) is 15.0 Å². The smallest absolute Gasteiger partial charge is 0.313 e. The van der Waals surface area contributed by atoms with E-state index in [-0.39, 0.29) is 5.75 Å². The second-order valence-electron chi connectivity index (χ2n) is 3.12. The van der Waals surface area contributed by atoms with E-state index >= 15 is 0 Å². The standard InChI is InChI=1S/C11H9N3O2S.C2H6/c15-10(16)7-17-11-13-6-4-9(14-11)8-3-1-2-5-12-8;1-2/h1-6H,7H2,(H,15,16);1-2H3. The van der Waals surface area contributed by atoms with Gasteiger partial charge in [0.05, 0.1) is 17.1 Å². The van der Waals surface area contributed by atoms with E-state index in [1.165, 1.54) is 0 Å². The molecule has 0 fully saturated rings. The van der Waals surface area contributed by atoms with Gasteiger partial charge in [0.1, 0.15) is 0 Å². The Labute approximate surface area is 116 Å². The van der Waals surface area contributed by atoms with Gasteiger partial charge in [-0.1, -0.05) is 31.7 Å². The molecule has 0 aliphatic carbocycles. The van der Waals surface area contributed by atoms with Gasteiger partial charge in [-0.3, -0.25) is 9.78 Å². The molecular weight excluding hydrogens is 262 g/mol. The maximum absolute atomic E-state index is 10.4. The van der Waals surface area contributed by atoms with E-state index in [1.807, 2.05) is 32.0 Å². The van der Waals surface area contributed by atoms with E-state index in [0.29, 0.717) is 10.9 Å². The van der Waals surface area contributed by atoms with Crippen LogP contribution in [0.15, 0.2) is 41.8 Å². The Morgan fingerprint density at radius 3 is 2.58 bits per heavy atom. The van der Waals surface area contributed by atoms with Crippen molar-refractivity contribution < 1.29 is 9.90 Å². The Morgan fingerprint density at radius 2 is 1.95 bits per heavy atom. The SMILES string of the molecule is CC.O=C(O)CSc1nccc(-c2ccccn2)n1. The number of aliphatic carboxylic acids is 1. The average molecular weight is 277 g/mol. The van der Waals surface area contributed by atoms with Crippen LogP contribution in [0.25, 0.3) is 11.4 Å². The number of rotatable bonds is 4. The van der Waals surface area contributed by atoms with Crippen molar-refractivity contribution in [2.24, 2.45) is 0 Å². The summed E-state index contributed by atoms with van der Waals surface area (Å²) >= 11 is 1.09. The van der Waals surface area contributed by atoms with Gasteiger partial charge >= 0.3 is 5.97 Å². The Hall–Kier alpha value is -1.95. The van der Waals surface area contributed by atoms with Crippen LogP contribution in [0.1, 0.15) is 13.8 Å². The van der Waals surface area contributed by atoms with E-state index in [9.17, 15) is 4.79 Å². The predicted molar refractivity (Wildman–Crippen MR) is 75.0 cm³/mol. The van der Waals surface area contributed by atoms with Crippen molar-refractivity contribution in [1.29, 1.82) is 0 Å². The van der Waals surface area contributed by atoms with Gasteiger partial charge in [0, 0.05) is 12.4 Å². The molecule has 2 aromatic rings. The zero-order valence-electron chi connectivity index (χ0n) is 10.8. The van der Waals surface area contributed by atoms with Crippen molar-refractivity contribution in [3.8, 4) is 11.4 Å². The van der Waals surface area contributed by atoms with Gasteiger partial charge in [-0.2, -0.15) is 0 Å². The number of hydrogen-bond acceptors (Lipinski definition) is 5. The Bertz CT molecular complexity index is 520. The molecule has 1 N–H and O–H groups in total. The molecule has 0 aliphatic heterocycles. The highest BCUT2D eigenvalue weighted by molar-refractivity contribution is 7.99. The molecule has 2 heterocycles. The first-order valence-electron chi connectivity index (χ1n) is 5.85. The maximum atomic E-state index is 10.4. The number of carboxylic acids is 1. The van der Waals surface area contributed by atoms with E-state index < -0.39 is 5.97 Å². The summed E-state index contributed by atoms with van der Waals surface area (Å²) < 4.78 is 0. The second kappa shape index (κ2) is 8.20. The summed E-state index contributed by atoms with van der Waals surface area (Å²) in [5, 5.41) is 9.01. The molecule has 0 aliphatic rings. The molecule has 0 spiro atoms. The summed E-state index contributed by atoms with van der Waals surface area (Å²) in [6, 6.07) is 7.28. The Morgan fingerprint density at radius 1 is 1.16 bits per heavy atom. The monoisotopic (exact) mass is 277 g/mol. The van der Waals surface area contributed by atoms with Crippen LogP contribution < -0.4 is 0 Å². The van der Waals surface area contributed by atoms with Crippen molar-refractivity contribution in [2.75, 3.05) is 5.75 Å². The summed E-state index contributed by atoms with van der Waals surface area (Å²) in [7, 11) is 0. The second-order valence-corrected chi connectivity index (χ2v) is 4.06. The fourth-order valence-corrected chi connectivity index (χ4v) is 1.74. The third-order valence-electron chi connectivity index (χ3n) is 1.89. The number of hydrogen-bond donors (Lipinski definition) is 1. The summed E-state index contributed by atoms with van der Waals surface area (Å²) in [5.41, 5.74) is 1.43. The van der Waals surface area contributed by atoms with E-state index in [0.717, 1.165) is 17.5 Å². The van der Waals surface area contributed by atoms with E-state index in [4.69, 9.17) is 5.11 Å². The molecule has 0 atom stereocenters. The van der Waals surface area contributed by atoms with Gasteiger partial charge in [0.2, 0.25) is 0 Å². The number of aromatic nitrogens is 3. The highest BCUT2D eigenvalue weighted by Gasteiger charge is 2.05. The lowest BCUT2D eigenvalue weighted by Gasteiger charge is -2.01. The zero-order chi connectivity index (χ0) is 14.1. The average Bonchev–Trinajstić information content (AvgIpc) is 2.48. The van der Waals surface area contributed by atoms with Crippen LogP contribution in [-0.4, -0.2) is 31.8 Å². The first kappa shape index (κ1) is 15.1. The molecule has 100 valence electrons. The number of pyridine rings is 1. The predicted octanol–water partition coefficient (Wildman–Crippen LogP) is 2.74. The minimum absolute atomic E-state index is 0.0499. The molecule has 6 heteroatoms. The molecule has 0 aromatic carbocycles. The van der Waals surface area contributed by atoms with E-state index in [1.54, 1.807) is 18.5 Å². The first-order chi connectivity index (χ1) is 9.25. The van der Waals surface area contributed by atoms with Crippen LogP contribution >= 0.6 is 11.8 Å². The van der Waals surface area contributed by atoms with Crippen LogP contribution in [0.3, 0.4) is 0 Å². The van der Waals surface area contributed by atoms with Crippen LogP contribution in [0.4, 0.5) is 0 Å². The molecule has 0 radical (unpaired) electrons. The normalized spacial score (nSPS) is 9.37. The number of carbonyl (C=O) groups is 1. The quantitative estimate of drug-likeness (QED) is 0.684. The molecular formula is C13H15N3O2S. The lowest BCUT2D eigenvalue weighted by Crippen LogP contribution is -1.99. The number of carboxylic acid groups (broad SMARTS) is 1. The Balaban J connectivity index is 0.000000861. The van der Waals surface area contributed by atoms with Crippen molar-refractivity contribution in [3.63, 3.8) is 0 Å². The lowest BCUT2D eigenvalue weighted by molar-refractivity contribution is -0.133. The topological polar surface area (TPSA) is 76.0 Å². The lowest BCUT2D eigenvalue weighted by atomic mass is 10.3. The van der Waals surface area contributed by atoms with Gasteiger partial charge in [0.15, 0.2) is 5.16 Å². The third kappa shape index (κ3) is 5.05. The fourth-order valence-electron chi connectivity index (χ4n) is 1.19. The highest BCUT2D eigenvalue weighted by Crippen LogP contribution is 2.17. The molecule has 2 rings (SSSR count). The van der Waals surface area contributed by atoms with Crippen molar-refractivity contribution >= 4 is 17.7 Å². The molecule has 19 heavy (non-hydrogen) atoms. The van der Waals surface area contributed by atoms with Crippen molar-refractivity contribution in [3.05, 3.63) is 36.7 Å². The fraction of sp³-hybridized carbons (Fsp3) is 0.231. The van der Waals surface area contributed by atoms with E-state index in [2.05, 4.69) is 15.0 Å². The van der Waals surface area contributed by atoms with Crippen LogP contribution in [-0.2, 0) is 4.79 Å². The Kier molecular flexibility index (Phi) is 6.52.